The molecule has 0 aromatic heterocycles. The molecule has 0 spiro atoms. The molecule has 0 aliphatic heterocycles. The van der Waals surface area contributed by atoms with Crippen LogP contribution in [0.25, 0.3) is 0 Å². The van der Waals surface area contributed by atoms with E-state index < -0.39 is 0 Å². The van der Waals surface area contributed by atoms with Gasteiger partial charge in [0.05, 0.1) is 0 Å². The summed E-state index contributed by atoms with van der Waals surface area (Å²) >= 11 is 0. The third-order valence-electron chi connectivity index (χ3n) is 3.76. The number of aromatic hydroxyl groups is 2. The van der Waals surface area contributed by atoms with Crippen molar-refractivity contribution in [3.63, 3.8) is 0 Å². The highest BCUT2D eigenvalue weighted by atomic mass is 16.3. The topological polar surface area (TPSA) is 43.7 Å². The molecule has 2 aromatic rings. The SMILES string of the molecule is CCN(CCc1ccccc1)CCc1ccc(O)c(O)c1. The van der Waals surface area contributed by atoms with Gasteiger partial charge in [-0.2, -0.15) is 0 Å². The van der Waals surface area contributed by atoms with Crippen LogP contribution in [0.5, 0.6) is 11.5 Å². The molecule has 2 rings (SSSR count). The van der Waals surface area contributed by atoms with Crippen LogP contribution in [-0.2, 0) is 12.8 Å². The molecule has 0 saturated heterocycles. The summed E-state index contributed by atoms with van der Waals surface area (Å²) in [6.07, 6.45) is 1.92. The van der Waals surface area contributed by atoms with Gasteiger partial charge in [-0.05, 0) is 42.6 Å². The largest absolute Gasteiger partial charge is 0.504 e. The number of phenolic OH excluding ortho intramolecular Hbond substituents is 2. The van der Waals surface area contributed by atoms with Crippen molar-refractivity contribution in [2.45, 2.75) is 19.8 Å². The lowest BCUT2D eigenvalue weighted by Gasteiger charge is -2.20. The summed E-state index contributed by atoms with van der Waals surface area (Å²) in [4.78, 5) is 2.40. The number of nitrogens with zero attached hydrogens (tertiary/aromatic N) is 1. The number of phenols is 2. The summed E-state index contributed by atoms with van der Waals surface area (Å²) in [5, 5.41) is 18.8. The fourth-order valence-corrected chi connectivity index (χ4v) is 2.37. The van der Waals surface area contributed by atoms with Gasteiger partial charge in [0.2, 0.25) is 0 Å². The predicted octanol–water partition coefficient (Wildman–Crippen LogP) is 3.20. The zero-order valence-corrected chi connectivity index (χ0v) is 12.5. The fourth-order valence-electron chi connectivity index (χ4n) is 2.37. The minimum Gasteiger partial charge on any atom is -0.504 e. The minimum atomic E-state index is -0.0600. The molecule has 2 aromatic carbocycles. The first-order valence-corrected chi connectivity index (χ1v) is 7.46. The van der Waals surface area contributed by atoms with Gasteiger partial charge in [0, 0.05) is 13.1 Å². The molecule has 3 nitrogen and oxygen atoms in total. The predicted molar refractivity (Wildman–Crippen MR) is 85.7 cm³/mol. The van der Waals surface area contributed by atoms with Crippen LogP contribution in [0.4, 0.5) is 0 Å². The molecule has 0 fully saturated rings. The van der Waals surface area contributed by atoms with E-state index in [1.807, 2.05) is 12.1 Å². The summed E-state index contributed by atoms with van der Waals surface area (Å²) in [5.41, 5.74) is 2.40. The van der Waals surface area contributed by atoms with Gasteiger partial charge in [0.25, 0.3) is 0 Å². The monoisotopic (exact) mass is 285 g/mol. The van der Waals surface area contributed by atoms with Crippen LogP contribution in [0.3, 0.4) is 0 Å². The Morgan fingerprint density at radius 1 is 0.810 bits per heavy atom. The third-order valence-corrected chi connectivity index (χ3v) is 3.76. The lowest BCUT2D eigenvalue weighted by atomic mass is 10.1. The molecule has 0 unspecified atom stereocenters. The molecule has 0 aliphatic rings. The van der Waals surface area contributed by atoms with Crippen LogP contribution in [0.2, 0.25) is 0 Å². The molecule has 0 atom stereocenters. The highest BCUT2D eigenvalue weighted by Crippen LogP contribution is 2.25. The first-order valence-electron chi connectivity index (χ1n) is 7.46. The van der Waals surface area contributed by atoms with Crippen LogP contribution in [0.15, 0.2) is 48.5 Å². The van der Waals surface area contributed by atoms with Gasteiger partial charge in [-0.1, -0.05) is 43.3 Å². The van der Waals surface area contributed by atoms with Gasteiger partial charge in [-0.3, -0.25) is 0 Å². The van der Waals surface area contributed by atoms with Crippen molar-refractivity contribution >= 4 is 0 Å². The maximum absolute atomic E-state index is 9.51. The van der Waals surface area contributed by atoms with Crippen molar-refractivity contribution in [2.24, 2.45) is 0 Å². The van der Waals surface area contributed by atoms with Gasteiger partial charge in [-0.15, -0.1) is 0 Å². The summed E-state index contributed by atoms with van der Waals surface area (Å²) in [5.74, 6) is -0.102. The van der Waals surface area contributed by atoms with Crippen LogP contribution < -0.4 is 0 Å². The van der Waals surface area contributed by atoms with E-state index in [1.165, 1.54) is 5.56 Å². The quantitative estimate of drug-likeness (QED) is 0.768. The van der Waals surface area contributed by atoms with Crippen molar-refractivity contribution in [2.75, 3.05) is 19.6 Å². The lowest BCUT2D eigenvalue weighted by Crippen LogP contribution is -2.28. The Morgan fingerprint density at radius 3 is 2.10 bits per heavy atom. The third kappa shape index (κ3) is 4.80. The Kier molecular flexibility index (Phi) is 5.64. The second-order valence-corrected chi connectivity index (χ2v) is 5.24. The Morgan fingerprint density at radius 2 is 1.48 bits per heavy atom. The van der Waals surface area contributed by atoms with E-state index in [2.05, 4.69) is 36.1 Å². The molecular weight excluding hydrogens is 262 g/mol. The molecule has 2 N–H and O–H groups in total. The van der Waals surface area contributed by atoms with Gasteiger partial charge in [0.15, 0.2) is 11.5 Å². The van der Waals surface area contributed by atoms with E-state index in [0.29, 0.717) is 0 Å². The molecule has 0 saturated carbocycles. The first kappa shape index (κ1) is 15.4. The van der Waals surface area contributed by atoms with Gasteiger partial charge in [0.1, 0.15) is 0 Å². The zero-order chi connectivity index (χ0) is 15.1. The number of hydrogen-bond donors (Lipinski definition) is 2. The molecule has 0 aliphatic carbocycles. The number of likely N-dealkylation sites (N-methyl/N-ethyl adjacent to an activating group) is 1. The fraction of sp³-hybridized carbons (Fsp3) is 0.333. The first-order chi connectivity index (χ1) is 10.2. The second-order valence-electron chi connectivity index (χ2n) is 5.24. The molecule has 21 heavy (non-hydrogen) atoms. The molecule has 0 amide bonds. The van der Waals surface area contributed by atoms with Gasteiger partial charge in [-0.25, -0.2) is 0 Å². The number of hydrogen-bond acceptors (Lipinski definition) is 3. The Bertz CT molecular complexity index is 554. The smallest absolute Gasteiger partial charge is 0.157 e. The minimum absolute atomic E-state index is 0.0418. The molecule has 112 valence electrons. The number of benzene rings is 2. The average molecular weight is 285 g/mol. The molecule has 0 heterocycles. The zero-order valence-electron chi connectivity index (χ0n) is 12.5. The molecule has 3 heteroatoms. The average Bonchev–Trinajstić information content (AvgIpc) is 2.52. The van der Waals surface area contributed by atoms with Crippen LogP contribution in [-0.4, -0.2) is 34.7 Å². The van der Waals surface area contributed by atoms with E-state index >= 15 is 0 Å². The summed E-state index contributed by atoms with van der Waals surface area (Å²) in [7, 11) is 0. The van der Waals surface area contributed by atoms with E-state index in [9.17, 15) is 10.2 Å². The normalized spacial score (nSPS) is 11.0. The molecular formula is C18H23NO2. The maximum Gasteiger partial charge on any atom is 0.157 e. The Balaban J connectivity index is 1.83. The standard InChI is InChI=1S/C18H23NO2/c1-2-19(12-10-15-6-4-3-5-7-15)13-11-16-8-9-17(20)18(21)14-16/h3-9,14,20-21H,2,10-13H2,1H3. The van der Waals surface area contributed by atoms with E-state index in [4.69, 9.17) is 0 Å². The van der Waals surface area contributed by atoms with Crippen LogP contribution in [0, 0.1) is 0 Å². The van der Waals surface area contributed by atoms with Crippen molar-refractivity contribution in [1.29, 1.82) is 0 Å². The Hall–Kier alpha value is -2.00. The highest BCUT2D eigenvalue weighted by molar-refractivity contribution is 5.40. The maximum atomic E-state index is 9.51. The van der Waals surface area contributed by atoms with Gasteiger partial charge < -0.3 is 15.1 Å². The van der Waals surface area contributed by atoms with Crippen molar-refractivity contribution < 1.29 is 10.2 Å². The van der Waals surface area contributed by atoms with Crippen molar-refractivity contribution in [1.82, 2.24) is 4.90 Å². The summed E-state index contributed by atoms with van der Waals surface area (Å²) in [6.45, 7) is 5.16. The Labute approximate surface area is 126 Å². The van der Waals surface area contributed by atoms with Crippen molar-refractivity contribution in [3.05, 3.63) is 59.7 Å². The second kappa shape index (κ2) is 7.70. The summed E-state index contributed by atoms with van der Waals surface area (Å²) < 4.78 is 0. The van der Waals surface area contributed by atoms with E-state index in [-0.39, 0.29) is 11.5 Å². The van der Waals surface area contributed by atoms with Crippen LogP contribution >= 0.6 is 0 Å². The van der Waals surface area contributed by atoms with E-state index in [1.54, 1.807) is 12.1 Å². The van der Waals surface area contributed by atoms with E-state index in [0.717, 1.165) is 38.0 Å². The molecule has 0 bridgehead atoms. The van der Waals surface area contributed by atoms with Crippen molar-refractivity contribution in [3.8, 4) is 11.5 Å². The highest BCUT2D eigenvalue weighted by Gasteiger charge is 2.05. The number of rotatable bonds is 7. The van der Waals surface area contributed by atoms with Crippen LogP contribution in [0.1, 0.15) is 18.1 Å². The molecule has 0 radical (unpaired) electrons. The lowest BCUT2D eigenvalue weighted by molar-refractivity contribution is 0.295. The van der Waals surface area contributed by atoms with Gasteiger partial charge >= 0.3 is 0 Å². The summed E-state index contributed by atoms with van der Waals surface area (Å²) in [6, 6.07) is 15.6.